The Morgan fingerprint density at radius 3 is 2.44 bits per heavy atom. The number of unbranched alkanes of at least 4 members (excludes halogenated alkanes) is 3. The standard InChI is InChI=1S/C31H30BrN5O2/c32-26-21-24(10-13-30(26)38-20-6-2-1-5-18-37-19-17-34-22-37)29-15-14-28(39-29)23-8-11-25(12-9-23)36-31(33)27-7-3-4-16-35-27/h3-4,7-17,19,21-22H,1-2,5-6,18,20H2,(H2,33,36). The first kappa shape index (κ1) is 26.4. The third-order valence-electron chi connectivity index (χ3n) is 6.31. The van der Waals surface area contributed by atoms with Gasteiger partial charge < -0.3 is 19.0 Å². The molecule has 3 heterocycles. The normalized spacial score (nSPS) is 10.9. The second kappa shape index (κ2) is 13.1. The average Bonchev–Trinajstić information content (AvgIpc) is 3.67. The molecule has 8 heteroatoms. The predicted molar refractivity (Wildman–Crippen MR) is 158 cm³/mol. The van der Waals surface area contributed by atoms with Gasteiger partial charge in [0.05, 0.1) is 17.4 Å². The van der Waals surface area contributed by atoms with Crippen LogP contribution in [0.25, 0.3) is 22.6 Å². The summed E-state index contributed by atoms with van der Waals surface area (Å²) in [5.41, 5.74) is 3.34. The molecule has 0 saturated carbocycles. The maximum Gasteiger partial charge on any atom is 0.148 e. The third-order valence-corrected chi connectivity index (χ3v) is 6.93. The van der Waals surface area contributed by atoms with Gasteiger partial charge in [-0.3, -0.25) is 10.4 Å². The summed E-state index contributed by atoms with van der Waals surface area (Å²) in [5, 5.41) is 11.3. The number of furan rings is 1. The monoisotopic (exact) mass is 583 g/mol. The molecule has 0 aliphatic rings. The van der Waals surface area contributed by atoms with Crippen LogP contribution in [0.5, 0.6) is 5.75 Å². The second-order valence-corrected chi connectivity index (χ2v) is 10.0. The van der Waals surface area contributed by atoms with Gasteiger partial charge in [-0.2, -0.15) is 0 Å². The molecule has 0 bridgehead atoms. The smallest absolute Gasteiger partial charge is 0.148 e. The van der Waals surface area contributed by atoms with E-state index in [1.807, 2.05) is 85.5 Å². The van der Waals surface area contributed by atoms with E-state index in [0.717, 1.165) is 64.4 Å². The van der Waals surface area contributed by atoms with Crippen molar-refractivity contribution in [2.45, 2.75) is 32.2 Å². The van der Waals surface area contributed by atoms with Gasteiger partial charge in [-0.05, 0) is 95.5 Å². The van der Waals surface area contributed by atoms with E-state index >= 15 is 0 Å². The Hall–Kier alpha value is -4.17. The van der Waals surface area contributed by atoms with E-state index in [4.69, 9.17) is 14.6 Å². The summed E-state index contributed by atoms with van der Waals surface area (Å²) < 4.78 is 15.2. The molecular formula is C31H30BrN5O2. The number of rotatable bonds is 12. The van der Waals surface area contributed by atoms with Crippen LogP contribution in [0.3, 0.4) is 0 Å². The highest BCUT2D eigenvalue weighted by Gasteiger charge is 2.10. The van der Waals surface area contributed by atoms with E-state index in [9.17, 15) is 0 Å². The van der Waals surface area contributed by atoms with Crippen LogP contribution in [0.15, 0.2) is 107 Å². The fraction of sp³-hybridized carbons (Fsp3) is 0.194. The third kappa shape index (κ3) is 7.23. The average molecular weight is 585 g/mol. The second-order valence-electron chi connectivity index (χ2n) is 9.16. The Labute approximate surface area is 236 Å². The molecular weight excluding hydrogens is 554 g/mol. The van der Waals surface area contributed by atoms with Crippen molar-refractivity contribution in [2.75, 3.05) is 11.9 Å². The lowest BCUT2D eigenvalue weighted by Crippen LogP contribution is -2.13. The molecule has 3 aromatic heterocycles. The fourth-order valence-electron chi connectivity index (χ4n) is 4.21. The SMILES string of the molecule is N=C(Nc1ccc(-c2ccc(-c3ccc(OCCCCCCn4ccnc4)c(Br)c3)o2)cc1)c1ccccn1. The molecule has 7 nitrogen and oxygen atoms in total. The minimum absolute atomic E-state index is 0.253. The highest BCUT2D eigenvalue weighted by atomic mass is 79.9. The van der Waals surface area contributed by atoms with Crippen molar-refractivity contribution in [2.24, 2.45) is 0 Å². The molecule has 0 aliphatic carbocycles. The summed E-state index contributed by atoms with van der Waals surface area (Å²) in [6.07, 6.45) is 11.9. The number of halogens is 1. The molecule has 5 rings (SSSR count). The number of benzene rings is 2. The lowest BCUT2D eigenvalue weighted by Gasteiger charge is -2.09. The molecule has 0 amide bonds. The molecule has 0 fully saturated rings. The minimum Gasteiger partial charge on any atom is -0.492 e. The summed E-state index contributed by atoms with van der Waals surface area (Å²) in [7, 11) is 0. The maximum atomic E-state index is 8.20. The number of hydrogen-bond acceptors (Lipinski definition) is 5. The van der Waals surface area contributed by atoms with E-state index in [2.05, 4.69) is 35.8 Å². The Morgan fingerprint density at radius 2 is 1.69 bits per heavy atom. The molecule has 0 saturated heterocycles. The van der Waals surface area contributed by atoms with Crippen molar-refractivity contribution in [1.82, 2.24) is 14.5 Å². The van der Waals surface area contributed by atoms with Crippen LogP contribution >= 0.6 is 15.9 Å². The van der Waals surface area contributed by atoms with Crippen LogP contribution < -0.4 is 10.1 Å². The van der Waals surface area contributed by atoms with E-state index < -0.39 is 0 Å². The zero-order valence-corrected chi connectivity index (χ0v) is 23.1. The van der Waals surface area contributed by atoms with Gasteiger partial charge >= 0.3 is 0 Å². The number of anilines is 1. The number of ether oxygens (including phenoxy) is 1. The van der Waals surface area contributed by atoms with Crippen molar-refractivity contribution in [3.05, 3.63) is 108 Å². The first-order valence-corrected chi connectivity index (χ1v) is 13.8. The van der Waals surface area contributed by atoms with Gasteiger partial charge in [0.1, 0.15) is 28.8 Å². The van der Waals surface area contributed by atoms with Gasteiger partial charge in [-0.15, -0.1) is 0 Å². The first-order valence-electron chi connectivity index (χ1n) is 13.0. The molecule has 198 valence electrons. The number of imidazole rings is 1. The van der Waals surface area contributed by atoms with Crippen molar-refractivity contribution < 1.29 is 9.15 Å². The Morgan fingerprint density at radius 1 is 0.897 bits per heavy atom. The molecule has 0 radical (unpaired) electrons. The number of amidine groups is 1. The predicted octanol–water partition coefficient (Wildman–Crippen LogP) is 8.04. The molecule has 0 aliphatic heterocycles. The number of hydrogen-bond donors (Lipinski definition) is 2. The zero-order chi connectivity index (χ0) is 26.9. The summed E-state index contributed by atoms with van der Waals surface area (Å²) in [6.45, 7) is 1.71. The van der Waals surface area contributed by atoms with Crippen LogP contribution in [0.2, 0.25) is 0 Å². The summed E-state index contributed by atoms with van der Waals surface area (Å²) in [4.78, 5) is 8.28. The summed E-state index contributed by atoms with van der Waals surface area (Å²) >= 11 is 3.65. The number of nitrogens with one attached hydrogen (secondary N) is 2. The quantitative estimate of drug-likeness (QED) is 0.0880. The summed E-state index contributed by atoms with van der Waals surface area (Å²) in [5.74, 6) is 2.65. The van der Waals surface area contributed by atoms with E-state index in [-0.39, 0.29) is 5.84 Å². The Kier molecular flexibility index (Phi) is 8.86. The molecule has 2 N–H and O–H groups in total. The molecule has 2 aromatic carbocycles. The lowest BCUT2D eigenvalue weighted by molar-refractivity contribution is 0.302. The van der Waals surface area contributed by atoms with Crippen LogP contribution in [0.1, 0.15) is 31.4 Å². The summed E-state index contributed by atoms with van der Waals surface area (Å²) in [6, 6.07) is 23.3. The van der Waals surface area contributed by atoms with Crippen LogP contribution in [0.4, 0.5) is 5.69 Å². The van der Waals surface area contributed by atoms with Crippen molar-refractivity contribution in [3.63, 3.8) is 0 Å². The van der Waals surface area contributed by atoms with E-state index in [1.165, 1.54) is 6.42 Å². The first-order chi connectivity index (χ1) is 19.2. The van der Waals surface area contributed by atoms with Gasteiger partial charge in [-0.25, -0.2) is 4.98 Å². The highest BCUT2D eigenvalue weighted by molar-refractivity contribution is 9.10. The van der Waals surface area contributed by atoms with E-state index in [0.29, 0.717) is 12.3 Å². The zero-order valence-electron chi connectivity index (χ0n) is 21.5. The highest BCUT2D eigenvalue weighted by Crippen LogP contribution is 2.34. The molecule has 0 spiro atoms. The lowest BCUT2D eigenvalue weighted by atomic mass is 10.1. The molecule has 0 unspecified atom stereocenters. The van der Waals surface area contributed by atoms with Gasteiger partial charge in [0.15, 0.2) is 0 Å². The van der Waals surface area contributed by atoms with Crippen molar-refractivity contribution in [1.29, 1.82) is 5.41 Å². The van der Waals surface area contributed by atoms with Crippen LogP contribution in [0, 0.1) is 5.41 Å². The minimum atomic E-state index is 0.253. The van der Waals surface area contributed by atoms with Gasteiger partial charge in [0, 0.05) is 41.9 Å². The number of nitrogens with zero attached hydrogens (tertiary/aromatic N) is 3. The van der Waals surface area contributed by atoms with Crippen LogP contribution in [-0.2, 0) is 6.54 Å². The van der Waals surface area contributed by atoms with Gasteiger partial charge in [-0.1, -0.05) is 18.9 Å². The van der Waals surface area contributed by atoms with Gasteiger partial charge in [0.2, 0.25) is 0 Å². The van der Waals surface area contributed by atoms with Crippen molar-refractivity contribution in [3.8, 4) is 28.4 Å². The fourth-order valence-corrected chi connectivity index (χ4v) is 4.70. The molecule has 39 heavy (non-hydrogen) atoms. The van der Waals surface area contributed by atoms with Gasteiger partial charge in [0.25, 0.3) is 0 Å². The Bertz CT molecular complexity index is 1480. The van der Waals surface area contributed by atoms with Crippen LogP contribution in [-0.4, -0.2) is 27.0 Å². The van der Waals surface area contributed by atoms with E-state index in [1.54, 1.807) is 12.3 Å². The number of aromatic nitrogens is 3. The maximum absolute atomic E-state index is 8.20. The molecule has 5 aromatic rings. The number of pyridine rings is 1. The number of aryl methyl sites for hydroxylation is 1. The largest absolute Gasteiger partial charge is 0.492 e. The topological polar surface area (TPSA) is 89.0 Å². The Balaban J connectivity index is 1.11. The molecule has 0 atom stereocenters. The van der Waals surface area contributed by atoms with Crippen molar-refractivity contribution >= 4 is 27.5 Å².